The molecule has 32 heavy (non-hydrogen) atoms. The molecule has 3 heterocycles. The molecule has 3 amide bonds. The lowest BCUT2D eigenvalue weighted by Gasteiger charge is -2.29. The number of ether oxygens (including phenoxy) is 1. The van der Waals surface area contributed by atoms with E-state index >= 15 is 0 Å². The molecule has 162 valence electrons. The first-order valence-corrected chi connectivity index (χ1v) is 10.4. The number of nitrogens with one attached hydrogen (secondary N) is 1. The average molecular weight is 431 g/mol. The highest BCUT2D eigenvalue weighted by atomic mass is 16.5. The lowest BCUT2D eigenvalue weighted by molar-refractivity contribution is -0.136. The smallest absolute Gasteiger partial charge is 0.255 e. The fraction of sp³-hybridized carbons (Fsp3) is 0.250. The summed E-state index contributed by atoms with van der Waals surface area (Å²) in [6, 6.07) is 12.5. The van der Waals surface area contributed by atoms with Crippen LogP contribution in [0.15, 0.2) is 53.1 Å². The maximum absolute atomic E-state index is 12.9. The Morgan fingerprint density at radius 2 is 1.97 bits per heavy atom. The SMILES string of the molecule is Cc1ccc(-c2cnc(COc3cccc4c3CN(C3CCC(=O)NC3=O)C4=O)o2)cc1. The van der Waals surface area contributed by atoms with E-state index in [0.717, 1.165) is 11.1 Å². The molecule has 8 nitrogen and oxygen atoms in total. The van der Waals surface area contributed by atoms with Gasteiger partial charge in [-0.2, -0.15) is 0 Å². The van der Waals surface area contributed by atoms with Crippen LogP contribution in [-0.2, 0) is 22.7 Å². The van der Waals surface area contributed by atoms with Gasteiger partial charge in [0.05, 0.1) is 12.7 Å². The number of hydrogen-bond acceptors (Lipinski definition) is 6. The molecule has 1 unspecified atom stereocenters. The van der Waals surface area contributed by atoms with Crippen molar-refractivity contribution in [2.45, 2.75) is 39.0 Å². The van der Waals surface area contributed by atoms with Crippen LogP contribution in [0.3, 0.4) is 0 Å². The minimum Gasteiger partial charge on any atom is -0.483 e. The van der Waals surface area contributed by atoms with Crippen molar-refractivity contribution in [3.8, 4) is 17.1 Å². The van der Waals surface area contributed by atoms with Crippen LogP contribution >= 0.6 is 0 Å². The fourth-order valence-electron chi connectivity index (χ4n) is 4.06. The fourth-order valence-corrected chi connectivity index (χ4v) is 4.06. The van der Waals surface area contributed by atoms with Crippen molar-refractivity contribution in [1.82, 2.24) is 15.2 Å². The molecule has 2 aliphatic rings. The number of nitrogens with zero attached hydrogens (tertiary/aromatic N) is 2. The largest absolute Gasteiger partial charge is 0.483 e. The van der Waals surface area contributed by atoms with E-state index in [4.69, 9.17) is 9.15 Å². The van der Waals surface area contributed by atoms with E-state index in [9.17, 15) is 14.4 Å². The second kappa shape index (κ2) is 7.96. The maximum atomic E-state index is 12.9. The number of fused-ring (bicyclic) bond motifs is 1. The zero-order chi connectivity index (χ0) is 22.2. The van der Waals surface area contributed by atoms with E-state index in [0.29, 0.717) is 34.9 Å². The second-order valence-electron chi connectivity index (χ2n) is 7.96. The molecule has 5 rings (SSSR count). The molecule has 2 aromatic carbocycles. The summed E-state index contributed by atoms with van der Waals surface area (Å²) in [5, 5.41) is 2.31. The number of piperidine rings is 1. The van der Waals surface area contributed by atoms with Crippen molar-refractivity contribution < 1.29 is 23.5 Å². The monoisotopic (exact) mass is 431 g/mol. The molecule has 8 heteroatoms. The van der Waals surface area contributed by atoms with Crippen LogP contribution in [0.1, 0.15) is 40.2 Å². The van der Waals surface area contributed by atoms with E-state index in [1.807, 2.05) is 31.2 Å². The Kier molecular flexibility index (Phi) is 4.97. The zero-order valence-corrected chi connectivity index (χ0v) is 17.5. The number of amides is 3. The Hall–Kier alpha value is -3.94. The van der Waals surface area contributed by atoms with Gasteiger partial charge in [0.15, 0.2) is 12.4 Å². The van der Waals surface area contributed by atoms with E-state index in [1.165, 1.54) is 4.90 Å². The van der Waals surface area contributed by atoms with Gasteiger partial charge in [-0.15, -0.1) is 0 Å². The van der Waals surface area contributed by atoms with Crippen LogP contribution in [0.2, 0.25) is 0 Å². The summed E-state index contributed by atoms with van der Waals surface area (Å²) < 4.78 is 11.8. The summed E-state index contributed by atoms with van der Waals surface area (Å²) in [6.45, 7) is 2.37. The Morgan fingerprint density at radius 3 is 2.75 bits per heavy atom. The van der Waals surface area contributed by atoms with Gasteiger partial charge in [-0.05, 0) is 25.5 Å². The zero-order valence-electron chi connectivity index (χ0n) is 17.5. The Labute approximate surface area is 184 Å². The van der Waals surface area contributed by atoms with Gasteiger partial charge in [-0.3, -0.25) is 19.7 Å². The van der Waals surface area contributed by atoms with Gasteiger partial charge in [-0.1, -0.05) is 35.9 Å². The van der Waals surface area contributed by atoms with Gasteiger partial charge in [0.1, 0.15) is 11.8 Å². The van der Waals surface area contributed by atoms with Crippen LogP contribution in [0.5, 0.6) is 5.75 Å². The normalized spacial score (nSPS) is 18.0. The molecule has 3 aromatic rings. The minimum absolute atomic E-state index is 0.106. The topological polar surface area (TPSA) is 102 Å². The van der Waals surface area contributed by atoms with Crippen LogP contribution in [-0.4, -0.2) is 33.6 Å². The number of aromatic nitrogens is 1. The highest BCUT2D eigenvalue weighted by Gasteiger charge is 2.40. The number of aryl methyl sites for hydroxylation is 1. The Morgan fingerprint density at radius 1 is 1.16 bits per heavy atom. The van der Waals surface area contributed by atoms with Crippen molar-refractivity contribution in [3.63, 3.8) is 0 Å². The average Bonchev–Trinajstić information content (AvgIpc) is 3.38. The standard InChI is InChI=1S/C24H21N3O5/c1-14-5-7-15(8-6-14)20-11-25-22(32-20)13-31-19-4-2-3-16-17(19)12-27(24(16)30)18-9-10-21(28)26-23(18)29/h2-8,11,18H,9-10,12-13H2,1H3,(H,26,28,29). The molecule has 0 radical (unpaired) electrons. The van der Waals surface area contributed by atoms with Gasteiger partial charge in [0.25, 0.3) is 5.91 Å². The van der Waals surface area contributed by atoms with Crippen LogP contribution in [0, 0.1) is 6.92 Å². The number of rotatable bonds is 5. The first kappa shape index (κ1) is 20.0. The van der Waals surface area contributed by atoms with Crippen molar-refractivity contribution in [2.75, 3.05) is 0 Å². The molecule has 2 aliphatic heterocycles. The predicted molar refractivity (Wildman–Crippen MR) is 113 cm³/mol. The lowest BCUT2D eigenvalue weighted by atomic mass is 10.0. The third-order valence-electron chi connectivity index (χ3n) is 5.78. The number of carbonyl (C=O) groups excluding carboxylic acids is 3. The Bertz CT molecular complexity index is 1210. The molecule has 0 spiro atoms. The summed E-state index contributed by atoms with van der Waals surface area (Å²) in [7, 11) is 0. The van der Waals surface area contributed by atoms with Crippen molar-refractivity contribution in [2.24, 2.45) is 0 Å². The van der Waals surface area contributed by atoms with Gasteiger partial charge < -0.3 is 14.1 Å². The lowest BCUT2D eigenvalue weighted by Crippen LogP contribution is -2.52. The number of benzene rings is 2. The summed E-state index contributed by atoms with van der Waals surface area (Å²) >= 11 is 0. The number of oxazole rings is 1. The van der Waals surface area contributed by atoms with Gasteiger partial charge in [0, 0.05) is 23.1 Å². The van der Waals surface area contributed by atoms with Crippen molar-refractivity contribution in [1.29, 1.82) is 0 Å². The number of imide groups is 1. The molecule has 1 aromatic heterocycles. The first-order chi connectivity index (χ1) is 15.5. The van der Waals surface area contributed by atoms with Crippen molar-refractivity contribution in [3.05, 3.63) is 71.2 Å². The molecule has 0 bridgehead atoms. The molecule has 0 saturated carbocycles. The summed E-state index contributed by atoms with van der Waals surface area (Å²) in [5.74, 6) is 0.632. The van der Waals surface area contributed by atoms with E-state index in [2.05, 4.69) is 10.3 Å². The molecule has 1 saturated heterocycles. The molecular formula is C24H21N3O5. The molecule has 1 N–H and O–H groups in total. The third kappa shape index (κ3) is 3.64. The predicted octanol–water partition coefficient (Wildman–Crippen LogP) is 2.99. The molecule has 1 atom stereocenters. The molecular weight excluding hydrogens is 410 g/mol. The molecule has 1 fully saturated rings. The minimum atomic E-state index is -0.663. The highest BCUT2D eigenvalue weighted by molar-refractivity contribution is 6.05. The number of hydrogen-bond donors (Lipinski definition) is 1. The van der Waals surface area contributed by atoms with E-state index in [1.54, 1.807) is 24.4 Å². The van der Waals surface area contributed by atoms with Crippen LogP contribution in [0.4, 0.5) is 0 Å². The van der Waals surface area contributed by atoms with Gasteiger partial charge in [0.2, 0.25) is 17.7 Å². The summed E-state index contributed by atoms with van der Waals surface area (Å²) in [6.07, 6.45) is 2.19. The summed E-state index contributed by atoms with van der Waals surface area (Å²) in [4.78, 5) is 42.4. The van der Waals surface area contributed by atoms with Crippen LogP contribution < -0.4 is 10.1 Å². The highest BCUT2D eigenvalue weighted by Crippen LogP contribution is 2.34. The maximum Gasteiger partial charge on any atom is 0.255 e. The quantitative estimate of drug-likeness (QED) is 0.623. The van der Waals surface area contributed by atoms with Crippen LogP contribution in [0.25, 0.3) is 11.3 Å². The van der Waals surface area contributed by atoms with Gasteiger partial charge in [-0.25, -0.2) is 4.98 Å². The van der Waals surface area contributed by atoms with E-state index < -0.39 is 11.9 Å². The number of carbonyl (C=O) groups is 3. The van der Waals surface area contributed by atoms with E-state index in [-0.39, 0.29) is 31.4 Å². The first-order valence-electron chi connectivity index (χ1n) is 10.4. The molecule has 0 aliphatic carbocycles. The second-order valence-corrected chi connectivity index (χ2v) is 7.96. The van der Waals surface area contributed by atoms with Gasteiger partial charge >= 0.3 is 0 Å². The Balaban J connectivity index is 1.31. The third-order valence-corrected chi connectivity index (χ3v) is 5.78. The van der Waals surface area contributed by atoms with Crippen molar-refractivity contribution >= 4 is 17.7 Å². The summed E-state index contributed by atoms with van der Waals surface area (Å²) in [5.41, 5.74) is 3.31.